The van der Waals surface area contributed by atoms with Crippen molar-refractivity contribution in [2.45, 2.75) is 26.6 Å². The van der Waals surface area contributed by atoms with Gasteiger partial charge in [-0.3, -0.25) is 4.99 Å². The molecule has 0 N–H and O–H groups in total. The molecule has 1 unspecified atom stereocenters. The van der Waals surface area contributed by atoms with Crippen LogP contribution in [0.4, 0.5) is 0 Å². The number of nitrogens with zero attached hydrogens (tertiary/aromatic N) is 1. The summed E-state index contributed by atoms with van der Waals surface area (Å²) >= 11 is 0. The van der Waals surface area contributed by atoms with Crippen molar-refractivity contribution in [2.24, 2.45) is 16.8 Å². The molecule has 0 radical (unpaired) electrons. The molecule has 1 saturated heterocycles. The van der Waals surface area contributed by atoms with Crippen LogP contribution in [0.5, 0.6) is 0 Å². The van der Waals surface area contributed by atoms with E-state index in [4.69, 9.17) is 9.47 Å². The average Bonchev–Trinajstić information content (AvgIpc) is 2.02. The maximum atomic E-state index is 5.67. The van der Waals surface area contributed by atoms with E-state index >= 15 is 0 Å². The van der Waals surface area contributed by atoms with E-state index in [1.807, 2.05) is 20.1 Å². The Labute approximate surface area is 78.4 Å². The van der Waals surface area contributed by atoms with Crippen LogP contribution in [0.2, 0.25) is 0 Å². The van der Waals surface area contributed by atoms with Crippen molar-refractivity contribution in [3.63, 3.8) is 0 Å². The fourth-order valence-corrected chi connectivity index (χ4v) is 1.65. The van der Waals surface area contributed by atoms with E-state index in [9.17, 15) is 0 Å². The number of hydrogen-bond acceptors (Lipinski definition) is 3. The van der Waals surface area contributed by atoms with E-state index in [0.29, 0.717) is 11.8 Å². The van der Waals surface area contributed by atoms with Gasteiger partial charge in [-0.15, -0.1) is 0 Å². The standard InChI is InChI=1S/C10H15NO2/c1-7-4-11-5-9-8(7)6-12-10(2,3)13-9/h4-5,7-8H,6H2,1-3H3/t7-,8?/m1/s1. The molecule has 1 fully saturated rings. The minimum Gasteiger partial charge on any atom is -0.465 e. The van der Waals surface area contributed by atoms with Crippen LogP contribution < -0.4 is 0 Å². The number of ether oxygens (including phenoxy) is 2. The van der Waals surface area contributed by atoms with Crippen molar-refractivity contribution >= 4 is 6.21 Å². The molecule has 2 aliphatic rings. The number of aliphatic imine (C=N–C) groups is 1. The highest BCUT2D eigenvalue weighted by atomic mass is 16.7. The van der Waals surface area contributed by atoms with Crippen LogP contribution in [-0.2, 0) is 9.47 Å². The monoisotopic (exact) mass is 181 g/mol. The molecule has 0 aromatic heterocycles. The smallest absolute Gasteiger partial charge is 0.204 e. The van der Waals surface area contributed by atoms with Gasteiger partial charge in [-0.25, -0.2) is 0 Å². The van der Waals surface area contributed by atoms with Crippen molar-refractivity contribution < 1.29 is 9.47 Å². The fourth-order valence-electron chi connectivity index (χ4n) is 1.65. The molecule has 0 spiro atoms. The highest BCUT2D eigenvalue weighted by Crippen LogP contribution is 2.34. The van der Waals surface area contributed by atoms with E-state index < -0.39 is 5.79 Å². The van der Waals surface area contributed by atoms with Crippen LogP contribution >= 0.6 is 0 Å². The summed E-state index contributed by atoms with van der Waals surface area (Å²) in [5.41, 5.74) is 0. The topological polar surface area (TPSA) is 30.8 Å². The van der Waals surface area contributed by atoms with Crippen molar-refractivity contribution in [3.05, 3.63) is 12.0 Å². The average molecular weight is 181 g/mol. The van der Waals surface area contributed by atoms with Crippen LogP contribution in [0.3, 0.4) is 0 Å². The second-order valence-electron chi connectivity index (χ2n) is 4.11. The molecule has 0 aliphatic carbocycles. The Morgan fingerprint density at radius 2 is 2.31 bits per heavy atom. The molecule has 13 heavy (non-hydrogen) atoms. The molecule has 72 valence electrons. The lowest BCUT2D eigenvalue weighted by Crippen LogP contribution is -2.41. The molecule has 3 nitrogen and oxygen atoms in total. The predicted octanol–water partition coefficient (Wildman–Crippen LogP) is 1.95. The molecule has 0 aromatic rings. The Morgan fingerprint density at radius 1 is 1.54 bits per heavy atom. The number of fused-ring (bicyclic) bond motifs is 1. The molecular weight excluding hydrogens is 166 g/mol. The molecule has 2 heterocycles. The van der Waals surface area contributed by atoms with E-state index in [1.165, 1.54) is 0 Å². The summed E-state index contributed by atoms with van der Waals surface area (Å²) in [6.07, 6.45) is 3.74. The van der Waals surface area contributed by atoms with E-state index in [0.717, 1.165) is 12.4 Å². The lowest BCUT2D eigenvalue weighted by atomic mass is 9.91. The third-order valence-electron chi connectivity index (χ3n) is 2.50. The van der Waals surface area contributed by atoms with Crippen LogP contribution in [0.1, 0.15) is 20.8 Å². The first-order valence-corrected chi connectivity index (χ1v) is 4.65. The van der Waals surface area contributed by atoms with Crippen LogP contribution in [0, 0.1) is 11.8 Å². The maximum absolute atomic E-state index is 5.67. The van der Waals surface area contributed by atoms with Gasteiger partial charge >= 0.3 is 0 Å². The van der Waals surface area contributed by atoms with Gasteiger partial charge in [-0.1, -0.05) is 6.92 Å². The summed E-state index contributed by atoms with van der Waals surface area (Å²) in [6.45, 7) is 6.71. The molecular formula is C10H15NO2. The summed E-state index contributed by atoms with van der Waals surface area (Å²) in [5, 5.41) is 0. The van der Waals surface area contributed by atoms with Crippen molar-refractivity contribution in [1.82, 2.24) is 0 Å². The zero-order valence-corrected chi connectivity index (χ0v) is 8.28. The minimum atomic E-state index is -0.491. The van der Waals surface area contributed by atoms with Gasteiger partial charge < -0.3 is 9.47 Å². The van der Waals surface area contributed by atoms with Crippen molar-refractivity contribution in [2.75, 3.05) is 6.61 Å². The molecule has 2 rings (SSSR count). The second kappa shape index (κ2) is 2.84. The summed E-state index contributed by atoms with van der Waals surface area (Å²) in [5.74, 6) is 1.24. The Kier molecular flexibility index (Phi) is 1.91. The first-order chi connectivity index (χ1) is 6.08. The van der Waals surface area contributed by atoms with Crippen molar-refractivity contribution in [1.29, 1.82) is 0 Å². The Hall–Kier alpha value is -0.830. The molecule has 3 heteroatoms. The van der Waals surface area contributed by atoms with Crippen LogP contribution in [0.25, 0.3) is 0 Å². The van der Waals surface area contributed by atoms with Gasteiger partial charge in [-0.05, 0) is 0 Å². The van der Waals surface area contributed by atoms with Gasteiger partial charge in [0.1, 0.15) is 5.76 Å². The highest BCUT2D eigenvalue weighted by molar-refractivity contribution is 5.63. The molecule has 0 aromatic carbocycles. The highest BCUT2D eigenvalue weighted by Gasteiger charge is 2.36. The normalized spacial score (nSPS) is 36.1. The SMILES string of the molecule is C[C@@H]1C=NC=C2OC(C)(C)OCC21. The van der Waals surface area contributed by atoms with Gasteiger partial charge in [0.15, 0.2) is 0 Å². The maximum Gasteiger partial charge on any atom is 0.204 e. The summed E-state index contributed by atoms with van der Waals surface area (Å²) in [6, 6.07) is 0. The van der Waals surface area contributed by atoms with Crippen LogP contribution in [0.15, 0.2) is 17.0 Å². The molecule has 2 atom stereocenters. The summed E-state index contributed by atoms with van der Waals surface area (Å²) < 4.78 is 11.3. The third-order valence-corrected chi connectivity index (χ3v) is 2.50. The van der Waals surface area contributed by atoms with E-state index in [1.54, 1.807) is 6.20 Å². The lowest BCUT2D eigenvalue weighted by Gasteiger charge is -2.39. The van der Waals surface area contributed by atoms with Crippen molar-refractivity contribution in [3.8, 4) is 0 Å². The Bertz CT molecular complexity index is 268. The zero-order valence-electron chi connectivity index (χ0n) is 8.28. The first-order valence-electron chi connectivity index (χ1n) is 4.65. The largest absolute Gasteiger partial charge is 0.465 e. The van der Waals surface area contributed by atoms with Gasteiger partial charge in [0.25, 0.3) is 0 Å². The molecule has 0 saturated carbocycles. The molecule has 0 bridgehead atoms. The van der Waals surface area contributed by atoms with Gasteiger partial charge in [-0.2, -0.15) is 0 Å². The third kappa shape index (κ3) is 1.61. The van der Waals surface area contributed by atoms with Gasteiger partial charge in [0.05, 0.1) is 12.8 Å². The first kappa shape index (κ1) is 8.75. The fraction of sp³-hybridized carbons (Fsp3) is 0.700. The Morgan fingerprint density at radius 3 is 3.08 bits per heavy atom. The lowest BCUT2D eigenvalue weighted by molar-refractivity contribution is -0.235. The second-order valence-corrected chi connectivity index (χ2v) is 4.11. The van der Waals surface area contributed by atoms with E-state index in [-0.39, 0.29) is 0 Å². The van der Waals surface area contributed by atoms with Crippen LogP contribution in [-0.4, -0.2) is 18.6 Å². The van der Waals surface area contributed by atoms with E-state index in [2.05, 4.69) is 11.9 Å². The predicted molar refractivity (Wildman–Crippen MR) is 50.3 cm³/mol. The molecule has 2 aliphatic heterocycles. The van der Waals surface area contributed by atoms with Gasteiger partial charge in [0, 0.05) is 31.9 Å². The summed E-state index contributed by atoms with van der Waals surface area (Å²) in [4.78, 5) is 4.14. The van der Waals surface area contributed by atoms with Gasteiger partial charge in [0.2, 0.25) is 5.79 Å². The summed E-state index contributed by atoms with van der Waals surface area (Å²) in [7, 11) is 0. The zero-order chi connectivity index (χ0) is 9.47. The molecule has 0 amide bonds. The quantitative estimate of drug-likeness (QED) is 0.572. The number of rotatable bonds is 0. The number of hydrogen-bond donors (Lipinski definition) is 0. The minimum absolute atomic E-state index is 0.352. The Balaban J connectivity index is 2.19.